The summed E-state index contributed by atoms with van der Waals surface area (Å²) >= 11 is 0. The second kappa shape index (κ2) is 4.83. The van der Waals surface area contributed by atoms with Gasteiger partial charge in [-0.15, -0.1) is 0 Å². The third-order valence-electron chi connectivity index (χ3n) is 2.31. The van der Waals surface area contributed by atoms with Gasteiger partial charge in [0.05, 0.1) is 5.69 Å². The van der Waals surface area contributed by atoms with Crippen LogP contribution in [0.3, 0.4) is 0 Å². The minimum atomic E-state index is -4.36. The molecule has 0 unspecified atom stereocenters. The summed E-state index contributed by atoms with van der Waals surface area (Å²) in [5, 5.41) is 2.77. The molecule has 0 aliphatic heterocycles. The Labute approximate surface area is 114 Å². The summed E-state index contributed by atoms with van der Waals surface area (Å²) < 4.78 is 31.0. The van der Waals surface area contributed by atoms with E-state index in [-0.39, 0.29) is 28.2 Å². The Morgan fingerprint density at radius 2 is 1.65 bits per heavy atom. The first kappa shape index (κ1) is 13.8. The SMILES string of the molecule is Nc1cc(N)nc(Nc2ccc(S(=O)(=O)O)c(N)c2)n1. The van der Waals surface area contributed by atoms with E-state index in [0.29, 0.717) is 5.69 Å². The minimum Gasteiger partial charge on any atom is -0.398 e. The molecule has 9 nitrogen and oxygen atoms in total. The van der Waals surface area contributed by atoms with Gasteiger partial charge >= 0.3 is 0 Å². The van der Waals surface area contributed by atoms with Crippen molar-refractivity contribution in [3.05, 3.63) is 24.3 Å². The minimum absolute atomic E-state index is 0.116. The molecule has 0 atom stereocenters. The summed E-state index contributed by atoms with van der Waals surface area (Å²) in [5.74, 6) is 0.506. The molecule has 1 aromatic carbocycles. The predicted octanol–water partition coefficient (Wildman–Crippen LogP) is 0.213. The average molecular weight is 296 g/mol. The molecule has 1 heterocycles. The molecule has 2 aromatic rings. The highest BCUT2D eigenvalue weighted by molar-refractivity contribution is 7.86. The van der Waals surface area contributed by atoms with Gasteiger partial charge in [0.25, 0.3) is 10.1 Å². The highest BCUT2D eigenvalue weighted by atomic mass is 32.2. The Hall–Kier alpha value is -2.59. The van der Waals surface area contributed by atoms with Crippen LogP contribution in [0.5, 0.6) is 0 Å². The number of nitrogen functional groups attached to an aromatic ring is 3. The molecule has 0 bridgehead atoms. The van der Waals surface area contributed by atoms with Crippen molar-refractivity contribution in [2.45, 2.75) is 4.90 Å². The quantitative estimate of drug-likeness (QED) is 0.392. The maximum atomic E-state index is 11.0. The summed E-state index contributed by atoms with van der Waals surface area (Å²) in [6, 6.07) is 5.25. The summed E-state index contributed by atoms with van der Waals surface area (Å²) in [5.41, 5.74) is 16.9. The van der Waals surface area contributed by atoms with Gasteiger partial charge in [0, 0.05) is 11.8 Å². The largest absolute Gasteiger partial charge is 0.398 e. The van der Waals surface area contributed by atoms with Gasteiger partial charge in [0.2, 0.25) is 5.95 Å². The molecule has 0 aliphatic carbocycles. The Kier molecular flexibility index (Phi) is 3.34. The van der Waals surface area contributed by atoms with Crippen LogP contribution < -0.4 is 22.5 Å². The van der Waals surface area contributed by atoms with E-state index < -0.39 is 10.1 Å². The summed E-state index contributed by atoms with van der Waals surface area (Å²) in [4.78, 5) is 7.42. The zero-order valence-electron chi connectivity index (χ0n) is 10.1. The van der Waals surface area contributed by atoms with Crippen molar-refractivity contribution in [1.82, 2.24) is 9.97 Å². The standard InChI is InChI=1S/C10H12N6O3S/c11-6-3-5(1-2-7(6)20(17,18)19)14-10-15-8(12)4-9(13)16-10/h1-4H,11H2,(H,17,18,19)(H5,12,13,14,15,16). The highest BCUT2D eigenvalue weighted by Crippen LogP contribution is 2.24. The second-order valence-corrected chi connectivity index (χ2v) is 5.28. The normalized spacial score (nSPS) is 11.2. The zero-order valence-corrected chi connectivity index (χ0v) is 10.9. The number of hydrogen-bond donors (Lipinski definition) is 5. The number of benzene rings is 1. The van der Waals surface area contributed by atoms with Gasteiger partial charge in [-0.25, -0.2) is 0 Å². The Bertz CT molecular complexity index is 741. The zero-order chi connectivity index (χ0) is 14.9. The van der Waals surface area contributed by atoms with Crippen molar-refractivity contribution in [3.63, 3.8) is 0 Å². The van der Waals surface area contributed by atoms with Crippen molar-refractivity contribution < 1.29 is 13.0 Å². The van der Waals surface area contributed by atoms with E-state index in [1.54, 1.807) is 0 Å². The van der Waals surface area contributed by atoms with Crippen LogP contribution in [-0.2, 0) is 10.1 Å². The van der Waals surface area contributed by atoms with E-state index in [9.17, 15) is 8.42 Å². The Balaban J connectivity index is 2.33. The van der Waals surface area contributed by atoms with E-state index >= 15 is 0 Å². The smallest absolute Gasteiger partial charge is 0.296 e. The maximum Gasteiger partial charge on any atom is 0.296 e. The molecule has 0 aliphatic rings. The van der Waals surface area contributed by atoms with Crippen LogP contribution in [0.1, 0.15) is 0 Å². The van der Waals surface area contributed by atoms with E-state index in [1.165, 1.54) is 18.2 Å². The molecule has 0 radical (unpaired) electrons. The third kappa shape index (κ3) is 3.05. The number of nitrogens with zero attached hydrogens (tertiary/aromatic N) is 2. The molecule has 0 saturated heterocycles. The van der Waals surface area contributed by atoms with Crippen molar-refractivity contribution >= 4 is 39.1 Å². The number of anilines is 5. The fraction of sp³-hybridized carbons (Fsp3) is 0. The van der Waals surface area contributed by atoms with Crippen molar-refractivity contribution in [2.75, 3.05) is 22.5 Å². The molecular weight excluding hydrogens is 284 g/mol. The average Bonchev–Trinajstić information content (AvgIpc) is 2.25. The number of nitrogens with two attached hydrogens (primary N) is 3. The Morgan fingerprint density at radius 3 is 2.15 bits per heavy atom. The van der Waals surface area contributed by atoms with E-state index in [4.69, 9.17) is 21.8 Å². The maximum absolute atomic E-state index is 11.0. The fourth-order valence-electron chi connectivity index (χ4n) is 1.53. The van der Waals surface area contributed by atoms with E-state index in [2.05, 4.69) is 15.3 Å². The monoisotopic (exact) mass is 296 g/mol. The van der Waals surface area contributed by atoms with Gasteiger partial charge < -0.3 is 22.5 Å². The van der Waals surface area contributed by atoms with Crippen molar-refractivity contribution in [3.8, 4) is 0 Å². The van der Waals surface area contributed by atoms with Gasteiger partial charge in [-0.05, 0) is 18.2 Å². The van der Waals surface area contributed by atoms with Crippen LogP contribution in [-0.4, -0.2) is 22.9 Å². The van der Waals surface area contributed by atoms with E-state index in [1.807, 2.05) is 0 Å². The number of rotatable bonds is 3. The Morgan fingerprint density at radius 1 is 1.05 bits per heavy atom. The molecule has 106 valence electrons. The van der Waals surface area contributed by atoms with Crippen LogP contribution in [0.2, 0.25) is 0 Å². The van der Waals surface area contributed by atoms with Crippen LogP contribution >= 0.6 is 0 Å². The van der Waals surface area contributed by atoms with Crippen molar-refractivity contribution in [2.24, 2.45) is 0 Å². The first-order chi connectivity index (χ1) is 9.25. The topological polar surface area (TPSA) is 170 Å². The molecule has 2 rings (SSSR count). The van der Waals surface area contributed by atoms with E-state index in [0.717, 1.165) is 6.07 Å². The summed E-state index contributed by atoms with van der Waals surface area (Å²) in [6.45, 7) is 0. The van der Waals surface area contributed by atoms with Gasteiger partial charge in [0.1, 0.15) is 16.5 Å². The van der Waals surface area contributed by atoms with Crippen LogP contribution in [0.25, 0.3) is 0 Å². The van der Waals surface area contributed by atoms with Gasteiger partial charge in [-0.3, -0.25) is 4.55 Å². The summed E-state index contributed by atoms with van der Waals surface area (Å²) in [7, 11) is -4.36. The fourth-order valence-corrected chi connectivity index (χ4v) is 2.13. The molecule has 0 saturated carbocycles. The molecule has 8 N–H and O–H groups in total. The first-order valence-electron chi connectivity index (χ1n) is 5.30. The third-order valence-corrected chi connectivity index (χ3v) is 3.24. The molecule has 0 amide bonds. The molecular formula is C10H12N6O3S. The molecule has 1 aromatic heterocycles. The number of aromatic nitrogens is 2. The number of nitrogens with one attached hydrogen (secondary N) is 1. The van der Waals surface area contributed by atoms with Crippen LogP contribution in [0, 0.1) is 0 Å². The van der Waals surface area contributed by atoms with Gasteiger partial charge in [-0.1, -0.05) is 0 Å². The second-order valence-electron chi connectivity index (χ2n) is 3.89. The lowest BCUT2D eigenvalue weighted by atomic mass is 10.3. The highest BCUT2D eigenvalue weighted by Gasteiger charge is 2.14. The van der Waals surface area contributed by atoms with Crippen LogP contribution in [0.4, 0.5) is 29.0 Å². The predicted molar refractivity (Wildman–Crippen MR) is 74.8 cm³/mol. The lowest BCUT2D eigenvalue weighted by Gasteiger charge is -2.08. The molecule has 10 heteroatoms. The molecule has 0 fully saturated rings. The first-order valence-corrected chi connectivity index (χ1v) is 6.74. The summed E-state index contributed by atoms with van der Waals surface area (Å²) in [6.07, 6.45) is 0. The molecule has 20 heavy (non-hydrogen) atoms. The van der Waals surface area contributed by atoms with Gasteiger partial charge in [0.15, 0.2) is 0 Å². The van der Waals surface area contributed by atoms with Crippen molar-refractivity contribution in [1.29, 1.82) is 0 Å². The van der Waals surface area contributed by atoms with Crippen LogP contribution in [0.15, 0.2) is 29.2 Å². The van der Waals surface area contributed by atoms with Gasteiger partial charge in [-0.2, -0.15) is 18.4 Å². The molecule has 0 spiro atoms. The number of hydrogen-bond acceptors (Lipinski definition) is 8. The lowest BCUT2D eigenvalue weighted by molar-refractivity contribution is 0.483. The lowest BCUT2D eigenvalue weighted by Crippen LogP contribution is -2.05.